The highest BCUT2D eigenvalue weighted by molar-refractivity contribution is 5.77. The first-order valence-corrected chi connectivity index (χ1v) is 7.61. The average molecular weight is 285 g/mol. The first-order chi connectivity index (χ1) is 9.74. The van der Waals surface area contributed by atoms with E-state index in [1.807, 2.05) is 7.05 Å². The number of carbonyl (C=O) groups excluding carboxylic acids is 1. The Morgan fingerprint density at radius 1 is 1.35 bits per heavy atom. The fourth-order valence-electron chi connectivity index (χ4n) is 2.55. The summed E-state index contributed by atoms with van der Waals surface area (Å²) in [7, 11) is 1.99. The Kier molecular flexibility index (Phi) is 6.72. The molecule has 1 amide bonds. The van der Waals surface area contributed by atoms with Gasteiger partial charge in [-0.3, -0.25) is 14.6 Å². The Hall–Kier alpha value is -0.690. The van der Waals surface area contributed by atoms with Crippen LogP contribution in [0.5, 0.6) is 0 Å². The number of nitrogens with one attached hydrogen (secondary N) is 1. The number of morpholine rings is 1. The second kappa shape index (κ2) is 8.56. The summed E-state index contributed by atoms with van der Waals surface area (Å²) in [6, 6.07) is 0. The summed E-state index contributed by atoms with van der Waals surface area (Å²) in [5.41, 5.74) is 0. The molecule has 0 aliphatic carbocycles. The van der Waals surface area contributed by atoms with Gasteiger partial charge in [0.25, 0.3) is 0 Å². The summed E-state index contributed by atoms with van der Waals surface area (Å²) in [5.74, 6) is 0.0879. The summed E-state index contributed by atoms with van der Waals surface area (Å²) in [5, 5.41) is 2.95. The summed E-state index contributed by atoms with van der Waals surface area (Å²) in [6.07, 6.45) is 2.39. The van der Waals surface area contributed by atoms with Gasteiger partial charge in [-0.05, 0) is 19.9 Å². The Bertz CT molecular complexity index is 289. The number of ether oxygens (including phenoxy) is 2. The number of amides is 1. The number of likely N-dealkylation sites (N-methyl/N-ethyl adjacent to an activating group) is 1. The van der Waals surface area contributed by atoms with Crippen molar-refractivity contribution >= 4 is 5.91 Å². The summed E-state index contributed by atoms with van der Waals surface area (Å²) in [6.45, 7) is 7.49. The number of nitrogens with zero attached hydrogens (tertiary/aromatic N) is 2. The van der Waals surface area contributed by atoms with Crippen LogP contribution < -0.4 is 5.32 Å². The van der Waals surface area contributed by atoms with Crippen molar-refractivity contribution in [3.63, 3.8) is 0 Å². The van der Waals surface area contributed by atoms with Crippen molar-refractivity contribution in [1.82, 2.24) is 15.1 Å². The molecule has 0 saturated carbocycles. The molecule has 2 fully saturated rings. The molecule has 0 radical (unpaired) electrons. The molecule has 0 aromatic rings. The lowest BCUT2D eigenvalue weighted by molar-refractivity contribution is -0.122. The monoisotopic (exact) mass is 285 g/mol. The second-order valence-corrected chi connectivity index (χ2v) is 5.63. The van der Waals surface area contributed by atoms with Crippen LogP contribution in [0.2, 0.25) is 0 Å². The van der Waals surface area contributed by atoms with Crippen LogP contribution >= 0.6 is 0 Å². The van der Waals surface area contributed by atoms with Gasteiger partial charge in [0.2, 0.25) is 5.91 Å². The van der Waals surface area contributed by atoms with Crippen molar-refractivity contribution in [2.45, 2.75) is 18.9 Å². The topological polar surface area (TPSA) is 54.0 Å². The molecule has 2 aliphatic rings. The Morgan fingerprint density at radius 3 is 2.85 bits per heavy atom. The maximum Gasteiger partial charge on any atom is 0.234 e. The fourth-order valence-corrected chi connectivity index (χ4v) is 2.55. The lowest BCUT2D eigenvalue weighted by Gasteiger charge is -2.28. The maximum atomic E-state index is 11.8. The van der Waals surface area contributed by atoms with Crippen LogP contribution in [-0.4, -0.2) is 87.9 Å². The highest BCUT2D eigenvalue weighted by Gasteiger charge is 2.17. The van der Waals surface area contributed by atoms with E-state index in [1.165, 1.54) is 0 Å². The highest BCUT2D eigenvalue weighted by atomic mass is 16.5. The minimum Gasteiger partial charge on any atom is -0.379 e. The van der Waals surface area contributed by atoms with Crippen molar-refractivity contribution in [3.05, 3.63) is 0 Å². The molecule has 2 saturated heterocycles. The quantitative estimate of drug-likeness (QED) is 0.686. The van der Waals surface area contributed by atoms with Crippen LogP contribution in [0.15, 0.2) is 0 Å². The minimum atomic E-state index is 0.0879. The predicted molar refractivity (Wildman–Crippen MR) is 76.7 cm³/mol. The van der Waals surface area contributed by atoms with Gasteiger partial charge in [0.05, 0.1) is 25.9 Å². The van der Waals surface area contributed by atoms with Crippen molar-refractivity contribution in [2.75, 3.05) is 66.1 Å². The number of carbonyl (C=O) groups is 1. The highest BCUT2D eigenvalue weighted by Crippen LogP contribution is 2.10. The van der Waals surface area contributed by atoms with Crippen LogP contribution in [0.4, 0.5) is 0 Å². The summed E-state index contributed by atoms with van der Waals surface area (Å²) in [4.78, 5) is 16.3. The zero-order chi connectivity index (χ0) is 14.2. The third kappa shape index (κ3) is 5.75. The first-order valence-electron chi connectivity index (χ1n) is 7.61. The Morgan fingerprint density at radius 2 is 2.15 bits per heavy atom. The molecule has 2 heterocycles. The van der Waals surface area contributed by atoms with E-state index in [1.54, 1.807) is 0 Å². The zero-order valence-electron chi connectivity index (χ0n) is 12.5. The summed E-state index contributed by atoms with van der Waals surface area (Å²) >= 11 is 0. The van der Waals surface area contributed by atoms with E-state index in [4.69, 9.17) is 9.47 Å². The largest absolute Gasteiger partial charge is 0.379 e. The van der Waals surface area contributed by atoms with Crippen LogP contribution in [0.1, 0.15) is 12.8 Å². The molecule has 0 spiro atoms. The van der Waals surface area contributed by atoms with Crippen LogP contribution in [-0.2, 0) is 14.3 Å². The molecule has 1 unspecified atom stereocenters. The van der Waals surface area contributed by atoms with E-state index >= 15 is 0 Å². The first kappa shape index (κ1) is 15.7. The third-order valence-electron chi connectivity index (χ3n) is 3.87. The van der Waals surface area contributed by atoms with Crippen molar-refractivity contribution < 1.29 is 14.3 Å². The zero-order valence-corrected chi connectivity index (χ0v) is 12.5. The molecule has 6 nitrogen and oxygen atoms in total. The van der Waals surface area contributed by atoms with E-state index in [9.17, 15) is 4.79 Å². The van der Waals surface area contributed by atoms with E-state index < -0.39 is 0 Å². The Balaban J connectivity index is 1.53. The Labute approximate surface area is 121 Å². The second-order valence-electron chi connectivity index (χ2n) is 5.63. The molecule has 0 bridgehead atoms. The van der Waals surface area contributed by atoms with Gasteiger partial charge in [-0.15, -0.1) is 0 Å². The standard InChI is InChI=1S/C14H27N3O3/c1-16(4-5-17-6-9-19-10-7-17)12-14(18)15-11-13-3-2-8-20-13/h13H,2-12H2,1H3,(H,15,18). The van der Waals surface area contributed by atoms with E-state index in [0.717, 1.165) is 58.8 Å². The van der Waals surface area contributed by atoms with Crippen molar-refractivity contribution in [1.29, 1.82) is 0 Å². The van der Waals surface area contributed by atoms with Gasteiger partial charge in [-0.2, -0.15) is 0 Å². The SMILES string of the molecule is CN(CCN1CCOCC1)CC(=O)NCC1CCCO1. The van der Waals surface area contributed by atoms with Gasteiger partial charge < -0.3 is 14.8 Å². The van der Waals surface area contributed by atoms with Crippen LogP contribution in [0.25, 0.3) is 0 Å². The van der Waals surface area contributed by atoms with Gasteiger partial charge in [-0.1, -0.05) is 0 Å². The molecular formula is C14H27N3O3. The smallest absolute Gasteiger partial charge is 0.234 e. The van der Waals surface area contributed by atoms with Gasteiger partial charge in [0.15, 0.2) is 0 Å². The number of rotatable bonds is 7. The molecule has 1 N–H and O–H groups in total. The molecule has 1 atom stereocenters. The minimum absolute atomic E-state index is 0.0879. The lowest BCUT2D eigenvalue weighted by atomic mass is 10.2. The normalized spacial score (nSPS) is 24.2. The van der Waals surface area contributed by atoms with Crippen molar-refractivity contribution in [3.8, 4) is 0 Å². The van der Waals surface area contributed by atoms with Gasteiger partial charge in [0.1, 0.15) is 0 Å². The van der Waals surface area contributed by atoms with Crippen LogP contribution in [0.3, 0.4) is 0 Å². The molecule has 2 aliphatic heterocycles. The van der Waals surface area contributed by atoms with Crippen molar-refractivity contribution in [2.24, 2.45) is 0 Å². The van der Waals surface area contributed by atoms with Crippen LogP contribution in [0, 0.1) is 0 Å². The third-order valence-corrected chi connectivity index (χ3v) is 3.87. The average Bonchev–Trinajstić information content (AvgIpc) is 2.97. The molecule has 0 aromatic heterocycles. The molecule has 2 rings (SSSR count). The van der Waals surface area contributed by atoms with E-state index in [-0.39, 0.29) is 12.0 Å². The maximum absolute atomic E-state index is 11.8. The van der Waals surface area contributed by atoms with Gasteiger partial charge in [0, 0.05) is 39.3 Å². The van der Waals surface area contributed by atoms with Gasteiger partial charge in [-0.25, -0.2) is 0 Å². The van der Waals surface area contributed by atoms with E-state index in [2.05, 4.69) is 15.1 Å². The summed E-state index contributed by atoms with van der Waals surface area (Å²) < 4.78 is 10.8. The molecular weight excluding hydrogens is 258 g/mol. The number of hydrogen-bond acceptors (Lipinski definition) is 5. The molecule has 6 heteroatoms. The molecule has 20 heavy (non-hydrogen) atoms. The molecule has 116 valence electrons. The van der Waals surface area contributed by atoms with E-state index in [0.29, 0.717) is 13.1 Å². The fraction of sp³-hybridized carbons (Fsp3) is 0.929. The lowest BCUT2D eigenvalue weighted by Crippen LogP contribution is -2.43. The van der Waals surface area contributed by atoms with Gasteiger partial charge >= 0.3 is 0 Å². The molecule has 0 aromatic carbocycles. The predicted octanol–water partition coefficient (Wildman–Crippen LogP) is -0.454. The number of hydrogen-bond donors (Lipinski definition) is 1.